The molecule has 0 spiro atoms. The topological polar surface area (TPSA) is 46.2 Å². The molecule has 1 aromatic rings. The molecular formula is C11H12BrNO2. The zero-order chi connectivity index (χ0) is 11.3. The summed E-state index contributed by atoms with van der Waals surface area (Å²) in [6.45, 7) is 2.04. The van der Waals surface area contributed by atoms with E-state index in [-0.39, 0.29) is 5.91 Å². The molecule has 0 radical (unpaired) electrons. The van der Waals surface area contributed by atoms with Crippen LogP contribution in [0.1, 0.15) is 29.3 Å². The molecule has 0 bridgehead atoms. The summed E-state index contributed by atoms with van der Waals surface area (Å²) < 4.78 is 0.939. The van der Waals surface area contributed by atoms with Gasteiger partial charge < -0.3 is 0 Å². The molecule has 0 heterocycles. The summed E-state index contributed by atoms with van der Waals surface area (Å²) in [5, 5.41) is 2.15. The number of benzene rings is 1. The van der Waals surface area contributed by atoms with Gasteiger partial charge in [0.05, 0.1) is 0 Å². The minimum atomic E-state index is -0.346. The predicted molar refractivity (Wildman–Crippen MR) is 61.7 cm³/mol. The molecule has 1 N–H and O–H groups in total. The summed E-state index contributed by atoms with van der Waals surface area (Å²) in [7, 11) is 0. The number of amides is 2. The van der Waals surface area contributed by atoms with Gasteiger partial charge in [0.25, 0.3) is 5.91 Å². The van der Waals surface area contributed by atoms with E-state index in [9.17, 15) is 9.59 Å². The Hall–Kier alpha value is -1.16. The van der Waals surface area contributed by atoms with Crippen LogP contribution in [-0.4, -0.2) is 12.3 Å². The zero-order valence-electron chi connectivity index (χ0n) is 8.42. The van der Waals surface area contributed by atoms with E-state index in [0.29, 0.717) is 12.0 Å². The number of halogens is 1. The quantitative estimate of drug-likeness (QED) is 0.853. The van der Waals surface area contributed by atoms with Gasteiger partial charge in [-0.1, -0.05) is 29.3 Å². The smallest absolute Gasteiger partial charge is 0.257 e. The van der Waals surface area contributed by atoms with E-state index in [4.69, 9.17) is 0 Å². The fourth-order valence-corrected chi connectivity index (χ4v) is 1.80. The van der Waals surface area contributed by atoms with Crippen LogP contribution < -0.4 is 5.32 Å². The molecule has 2 amide bonds. The second-order valence-corrected chi connectivity index (χ2v) is 4.06. The van der Waals surface area contributed by atoms with Crippen LogP contribution in [0.25, 0.3) is 0 Å². The lowest BCUT2D eigenvalue weighted by Crippen LogP contribution is -2.22. The van der Waals surface area contributed by atoms with Crippen molar-refractivity contribution in [3.63, 3.8) is 0 Å². The second kappa shape index (κ2) is 5.66. The molecule has 15 heavy (non-hydrogen) atoms. The molecule has 0 aromatic heterocycles. The number of rotatable bonds is 4. The summed E-state index contributed by atoms with van der Waals surface area (Å²) in [6.07, 6.45) is 2.18. The standard InChI is InChI=1S/C11H12BrNO2/c1-2-3-8-6-9(12)4-5-10(8)11(15)13-7-14/h4-7H,2-3H2,1H3,(H,13,14,15). The molecule has 0 unspecified atom stereocenters. The first-order valence-electron chi connectivity index (χ1n) is 4.72. The first kappa shape index (κ1) is 11.9. The molecule has 0 aliphatic carbocycles. The third kappa shape index (κ3) is 3.16. The third-order valence-corrected chi connectivity index (χ3v) is 2.51. The van der Waals surface area contributed by atoms with Gasteiger partial charge in [0.15, 0.2) is 0 Å². The number of hydrogen-bond acceptors (Lipinski definition) is 2. The summed E-state index contributed by atoms with van der Waals surface area (Å²) in [5.41, 5.74) is 1.51. The molecular weight excluding hydrogens is 258 g/mol. The summed E-state index contributed by atoms with van der Waals surface area (Å²) in [6, 6.07) is 5.41. The fraction of sp³-hybridized carbons (Fsp3) is 0.273. The van der Waals surface area contributed by atoms with Crippen LogP contribution >= 0.6 is 15.9 Å². The second-order valence-electron chi connectivity index (χ2n) is 3.14. The lowest BCUT2D eigenvalue weighted by molar-refractivity contribution is -0.108. The number of hydrogen-bond donors (Lipinski definition) is 1. The van der Waals surface area contributed by atoms with Gasteiger partial charge in [0.1, 0.15) is 0 Å². The Bertz CT molecular complexity index is 377. The first-order chi connectivity index (χ1) is 7.19. The van der Waals surface area contributed by atoms with Crippen molar-refractivity contribution < 1.29 is 9.59 Å². The molecule has 1 rings (SSSR count). The molecule has 0 aliphatic heterocycles. The fourth-order valence-electron chi connectivity index (χ4n) is 1.39. The van der Waals surface area contributed by atoms with Gasteiger partial charge in [0.2, 0.25) is 6.41 Å². The maximum Gasteiger partial charge on any atom is 0.257 e. The minimum absolute atomic E-state index is 0.346. The Kier molecular flexibility index (Phi) is 4.49. The minimum Gasteiger partial charge on any atom is -0.295 e. The number of aryl methyl sites for hydroxylation is 1. The van der Waals surface area contributed by atoms with E-state index in [2.05, 4.69) is 21.2 Å². The van der Waals surface area contributed by atoms with Gasteiger partial charge >= 0.3 is 0 Å². The normalized spacial score (nSPS) is 9.73. The monoisotopic (exact) mass is 269 g/mol. The molecule has 0 saturated carbocycles. The maximum atomic E-state index is 11.5. The molecule has 3 nitrogen and oxygen atoms in total. The Labute approximate surface area is 97.0 Å². The average molecular weight is 270 g/mol. The van der Waals surface area contributed by atoms with E-state index < -0.39 is 0 Å². The van der Waals surface area contributed by atoms with Gasteiger partial charge in [-0.2, -0.15) is 0 Å². The highest BCUT2D eigenvalue weighted by Gasteiger charge is 2.10. The number of nitrogens with one attached hydrogen (secondary N) is 1. The molecule has 4 heteroatoms. The van der Waals surface area contributed by atoms with Gasteiger partial charge in [-0.3, -0.25) is 14.9 Å². The van der Waals surface area contributed by atoms with Crippen molar-refractivity contribution >= 4 is 28.2 Å². The number of carbonyl (C=O) groups is 2. The van der Waals surface area contributed by atoms with Gasteiger partial charge in [-0.15, -0.1) is 0 Å². The molecule has 0 aliphatic rings. The van der Waals surface area contributed by atoms with Crippen molar-refractivity contribution in [1.82, 2.24) is 5.32 Å². The Morgan fingerprint density at radius 2 is 2.27 bits per heavy atom. The van der Waals surface area contributed by atoms with Crippen LogP contribution in [-0.2, 0) is 11.2 Å². The van der Waals surface area contributed by atoms with Crippen LogP contribution in [0.5, 0.6) is 0 Å². The largest absolute Gasteiger partial charge is 0.295 e. The summed E-state index contributed by atoms with van der Waals surface area (Å²) >= 11 is 3.35. The van der Waals surface area contributed by atoms with Crippen LogP contribution in [0.4, 0.5) is 0 Å². The van der Waals surface area contributed by atoms with Gasteiger partial charge in [-0.05, 0) is 30.2 Å². The van der Waals surface area contributed by atoms with Crippen molar-refractivity contribution in [2.75, 3.05) is 0 Å². The molecule has 0 fully saturated rings. The summed E-state index contributed by atoms with van der Waals surface area (Å²) in [5.74, 6) is -0.346. The van der Waals surface area contributed by atoms with Gasteiger partial charge in [-0.25, -0.2) is 0 Å². The highest BCUT2D eigenvalue weighted by Crippen LogP contribution is 2.18. The highest BCUT2D eigenvalue weighted by molar-refractivity contribution is 9.10. The lowest BCUT2D eigenvalue weighted by atomic mass is 10.0. The lowest BCUT2D eigenvalue weighted by Gasteiger charge is -2.07. The zero-order valence-corrected chi connectivity index (χ0v) is 10.0. The van der Waals surface area contributed by atoms with Crippen LogP contribution in [0, 0.1) is 0 Å². The Morgan fingerprint density at radius 3 is 2.87 bits per heavy atom. The predicted octanol–water partition coefficient (Wildman–Crippen LogP) is 2.29. The van der Waals surface area contributed by atoms with Crippen molar-refractivity contribution in [2.24, 2.45) is 0 Å². The average Bonchev–Trinajstić information content (AvgIpc) is 2.18. The molecule has 80 valence electrons. The van der Waals surface area contributed by atoms with Crippen molar-refractivity contribution in [3.05, 3.63) is 33.8 Å². The molecule has 1 aromatic carbocycles. The van der Waals surface area contributed by atoms with Gasteiger partial charge in [0, 0.05) is 10.0 Å². The Balaban J connectivity index is 3.04. The highest BCUT2D eigenvalue weighted by atomic mass is 79.9. The first-order valence-corrected chi connectivity index (χ1v) is 5.51. The van der Waals surface area contributed by atoms with E-state index in [1.807, 2.05) is 13.0 Å². The van der Waals surface area contributed by atoms with Crippen molar-refractivity contribution in [1.29, 1.82) is 0 Å². The van der Waals surface area contributed by atoms with Crippen LogP contribution in [0.15, 0.2) is 22.7 Å². The third-order valence-electron chi connectivity index (χ3n) is 2.02. The SMILES string of the molecule is CCCc1cc(Br)ccc1C(=O)NC=O. The van der Waals surface area contributed by atoms with Crippen molar-refractivity contribution in [3.8, 4) is 0 Å². The van der Waals surface area contributed by atoms with E-state index >= 15 is 0 Å². The maximum absolute atomic E-state index is 11.5. The van der Waals surface area contributed by atoms with E-state index in [1.54, 1.807) is 12.1 Å². The number of carbonyl (C=O) groups excluding carboxylic acids is 2. The van der Waals surface area contributed by atoms with E-state index in [1.165, 1.54) is 0 Å². The molecule has 0 saturated heterocycles. The van der Waals surface area contributed by atoms with Crippen LogP contribution in [0.2, 0.25) is 0 Å². The van der Waals surface area contributed by atoms with E-state index in [0.717, 1.165) is 22.9 Å². The summed E-state index contributed by atoms with van der Waals surface area (Å²) in [4.78, 5) is 21.7. The van der Waals surface area contributed by atoms with Crippen LogP contribution in [0.3, 0.4) is 0 Å². The Morgan fingerprint density at radius 1 is 1.53 bits per heavy atom. The number of imide groups is 1. The van der Waals surface area contributed by atoms with Crippen molar-refractivity contribution in [2.45, 2.75) is 19.8 Å². The molecule has 0 atom stereocenters.